The minimum atomic E-state index is 0. The average Bonchev–Trinajstić information content (AvgIpc) is 2.79. The van der Waals surface area contributed by atoms with Crippen LogP contribution in [0.4, 0.5) is 0 Å². The van der Waals surface area contributed by atoms with Crippen LogP contribution in [0.15, 0.2) is 97.3 Å². The van der Waals surface area contributed by atoms with Crippen molar-refractivity contribution >= 4 is 43.4 Å². The van der Waals surface area contributed by atoms with Gasteiger partial charge in [0.25, 0.3) is 0 Å². The van der Waals surface area contributed by atoms with Gasteiger partial charge in [0.15, 0.2) is 0 Å². The number of aromatic nitrogens is 2. The number of fused-ring (bicyclic) bond motifs is 6. The van der Waals surface area contributed by atoms with Gasteiger partial charge < -0.3 is 10.2 Å². The number of benzene rings is 4. The van der Waals surface area contributed by atoms with E-state index in [-0.39, 0.29) is 19.5 Å². The summed E-state index contributed by atoms with van der Waals surface area (Å²) in [5.74, 6) is 0.594. The number of nitrogens with zero attached hydrogens (tertiary/aromatic N) is 2. The van der Waals surface area contributed by atoms with E-state index in [1.165, 1.54) is 0 Å². The molecule has 2 N–H and O–H groups in total. The molecule has 0 unspecified atom stereocenters. The van der Waals surface area contributed by atoms with Crippen LogP contribution in [0, 0.1) is 0 Å². The molecule has 0 aliphatic carbocycles. The molecule has 6 rings (SSSR count). The second kappa shape index (κ2) is 8.67. The number of aromatic hydroxyl groups is 2. The molecule has 6 aromatic rings. The van der Waals surface area contributed by atoms with Crippen LogP contribution in [-0.2, 0) is 19.5 Å². The molecule has 0 fully saturated rings. The van der Waals surface area contributed by atoms with Gasteiger partial charge in [0.2, 0.25) is 0 Å². The fraction of sp³-hybridized carbons (Fsp3) is 0. The first-order valence-corrected chi connectivity index (χ1v) is 9.62. The Balaban J connectivity index is 0.000000144. The molecule has 0 aliphatic rings. The molecule has 0 spiro atoms. The van der Waals surface area contributed by atoms with Crippen molar-refractivity contribution in [1.82, 2.24) is 9.97 Å². The van der Waals surface area contributed by atoms with Gasteiger partial charge in [-0.15, -0.1) is 0 Å². The number of phenolic OH excluding ortho intramolecular Hbond substituents is 2. The normalized spacial score (nSPS) is 10.6. The van der Waals surface area contributed by atoms with E-state index < -0.39 is 0 Å². The van der Waals surface area contributed by atoms with Crippen molar-refractivity contribution in [2.45, 2.75) is 0 Å². The predicted molar refractivity (Wildman–Crippen MR) is 122 cm³/mol. The van der Waals surface area contributed by atoms with Crippen molar-refractivity contribution in [2.24, 2.45) is 0 Å². The van der Waals surface area contributed by atoms with E-state index in [1.54, 1.807) is 36.7 Å². The summed E-state index contributed by atoms with van der Waals surface area (Å²) in [5.41, 5.74) is 1.96. The van der Waals surface area contributed by atoms with Gasteiger partial charge in [0.1, 0.15) is 11.5 Å². The van der Waals surface area contributed by atoms with Crippen molar-refractivity contribution in [2.75, 3.05) is 0 Å². The Kier molecular flexibility index (Phi) is 5.79. The van der Waals surface area contributed by atoms with E-state index in [0.29, 0.717) is 11.5 Å². The largest absolute Gasteiger partial charge is 0.508 e. The molecule has 146 valence electrons. The number of hydrogen-bond donors (Lipinski definition) is 2. The van der Waals surface area contributed by atoms with Crippen LogP contribution in [0.2, 0.25) is 0 Å². The first-order valence-electron chi connectivity index (χ1n) is 9.62. The Labute approximate surface area is 191 Å². The zero-order chi connectivity index (χ0) is 20.5. The Morgan fingerprint density at radius 3 is 1.39 bits per heavy atom. The Bertz CT molecular complexity index is 1420. The maximum atomic E-state index is 9.39. The fourth-order valence-corrected chi connectivity index (χ4v) is 3.76. The Hall–Kier alpha value is -3.56. The SMILES string of the molecule is Oc1ccc2c(ccc3ncccc32)c1.Oc1ccc2c(ccc3ncccc32)c1.[Zn]. The molecule has 31 heavy (non-hydrogen) atoms. The van der Waals surface area contributed by atoms with E-state index in [4.69, 9.17) is 0 Å². The van der Waals surface area contributed by atoms with Crippen LogP contribution in [0.25, 0.3) is 43.4 Å². The van der Waals surface area contributed by atoms with Crippen LogP contribution in [0.1, 0.15) is 0 Å². The summed E-state index contributed by atoms with van der Waals surface area (Å²) in [5, 5.41) is 25.3. The summed E-state index contributed by atoms with van der Waals surface area (Å²) in [6, 6.07) is 26.6. The third-order valence-corrected chi connectivity index (χ3v) is 5.17. The fourth-order valence-electron chi connectivity index (χ4n) is 3.76. The molecule has 5 heteroatoms. The van der Waals surface area contributed by atoms with E-state index in [9.17, 15) is 10.2 Å². The summed E-state index contributed by atoms with van der Waals surface area (Å²) < 4.78 is 0. The van der Waals surface area contributed by atoms with E-state index in [0.717, 1.165) is 43.4 Å². The molecule has 2 heterocycles. The second-order valence-electron chi connectivity index (χ2n) is 7.08. The molecular weight excluding hydrogens is 438 g/mol. The van der Waals surface area contributed by atoms with Crippen LogP contribution < -0.4 is 0 Å². The first kappa shape index (κ1) is 20.7. The zero-order valence-corrected chi connectivity index (χ0v) is 19.7. The van der Waals surface area contributed by atoms with Gasteiger partial charge in [-0.05, 0) is 70.1 Å². The van der Waals surface area contributed by atoms with Crippen molar-refractivity contribution in [3.05, 3.63) is 97.3 Å². The summed E-state index contributed by atoms with van der Waals surface area (Å²) in [6.07, 6.45) is 3.57. The molecule has 4 nitrogen and oxygen atoms in total. The topological polar surface area (TPSA) is 66.2 Å². The van der Waals surface area contributed by atoms with Gasteiger partial charge >= 0.3 is 0 Å². The minimum absolute atomic E-state index is 0. The second-order valence-corrected chi connectivity index (χ2v) is 7.08. The van der Waals surface area contributed by atoms with E-state index in [1.807, 2.05) is 60.7 Å². The standard InChI is InChI=1S/2C13H9NO.Zn/c2*15-10-4-5-11-9(8-10)3-6-13-12(11)2-1-7-14-13;/h2*1-8,15H;. The summed E-state index contributed by atoms with van der Waals surface area (Å²) in [6.45, 7) is 0. The monoisotopic (exact) mass is 454 g/mol. The van der Waals surface area contributed by atoms with Gasteiger partial charge in [0.05, 0.1) is 11.0 Å². The van der Waals surface area contributed by atoms with Gasteiger partial charge in [-0.25, -0.2) is 0 Å². The van der Waals surface area contributed by atoms with Crippen molar-refractivity contribution in [3.63, 3.8) is 0 Å². The van der Waals surface area contributed by atoms with Crippen molar-refractivity contribution in [1.29, 1.82) is 0 Å². The quantitative estimate of drug-likeness (QED) is 0.212. The zero-order valence-electron chi connectivity index (χ0n) is 16.7. The van der Waals surface area contributed by atoms with Crippen LogP contribution in [0.3, 0.4) is 0 Å². The molecule has 2 aromatic heterocycles. The summed E-state index contributed by atoms with van der Waals surface area (Å²) in [4.78, 5) is 8.58. The average molecular weight is 456 g/mol. The third-order valence-electron chi connectivity index (χ3n) is 5.17. The molecule has 0 atom stereocenters. The number of rotatable bonds is 0. The third kappa shape index (κ3) is 4.05. The number of phenols is 2. The maximum absolute atomic E-state index is 9.39. The molecule has 4 aromatic carbocycles. The minimum Gasteiger partial charge on any atom is -0.508 e. The number of pyridine rings is 2. The maximum Gasteiger partial charge on any atom is 0.116 e. The van der Waals surface area contributed by atoms with Crippen LogP contribution >= 0.6 is 0 Å². The molecule has 0 radical (unpaired) electrons. The van der Waals surface area contributed by atoms with Crippen molar-refractivity contribution in [3.8, 4) is 11.5 Å². The summed E-state index contributed by atoms with van der Waals surface area (Å²) >= 11 is 0. The molecule has 0 aliphatic heterocycles. The van der Waals surface area contributed by atoms with Crippen LogP contribution in [-0.4, -0.2) is 20.2 Å². The molecule has 0 bridgehead atoms. The Morgan fingerprint density at radius 2 is 0.935 bits per heavy atom. The van der Waals surface area contributed by atoms with Gasteiger partial charge in [-0.3, -0.25) is 9.97 Å². The predicted octanol–water partition coefficient (Wildman–Crippen LogP) is 6.18. The molecule has 0 saturated carbocycles. The first-order chi connectivity index (χ1) is 14.7. The Morgan fingerprint density at radius 1 is 0.484 bits per heavy atom. The van der Waals surface area contributed by atoms with Crippen molar-refractivity contribution < 1.29 is 29.7 Å². The van der Waals surface area contributed by atoms with E-state index in [2.05, 4.69) is 9.97 Å². The molecule has 0 saturated heterocycles. The van der Waals surface area contributed by atoms with Gasteiger partial charge in [-0.2, -0.15) is 0 Å². The smallest absolute Gasteiger partial charge is 0.116 e. The van der Waals surface area contributed by atoms with Gasteiger partial charge in [-0.1, -0.05) is 36.4 Å². The molecular formula is C26H18N2O2Zn. The number of hydrogen-bond acceptors (Lipinski definition) is 4. The molecule has 0 amide bonds. The van der Waals surface area contributed by atoms with E-state index >= 15 is 0 Å². The summed E-state index contributed by atoms with van der Waals surface area (Å²) in [7, 11) is 0. The van der Waals surface area contributed by atoms with Crippen LogP contribution in [0.5, 0.6) is 11.5 Å². The van der Waals surface area contributed by atoms with Gasteiger partial charge in [0, 0.05) is 42.6 Å².